The molecule has 560 valence electrons. The maximum atomic E-state index is 13.1. The summed E-state index contributed by atoms with van der Waals surface area (Å²) in [7, 11) is -9.94. The summed E-state index contributed by atoms with van der Waals surface area (Å²) in [6.07, 6.45) is 67.7. The number of esters is 4. The van der Waals surface area contributed by atoms with Crippen LogP contribution in [0, 0.1) is 0 Å². The molecule has 96 heavy (non-hydrogen) atoms. The predicted octanol–water partition coefficient (Wildman–Crippen LogP) is 21.9. The molecule has 5 atom stereocenters. The Kier molecular flexibility index (Phi) is 67.8. The van der Waals surface area contributed by atoms with E-state index in [0.29, 0.717) is 25.7 Å². The largest absolute Gasteiger partial charge is 0.472 e. The average molecular weight is 1400 g/mol. The Labute approximate surface area is 584 Å². The van der Waals surface area contributed by atoms with Gasteiger partial charge in [-0.05, 0) is 135 Å². The number of carbonyl (C=O) groups excluding carboxylic acids is 4. The normalized spacial score (nSPS) is 14.3. The zero-order valence-electron chi connectivity index (χ0n) is 61.1. The summed E-state index contributed by atoms with van der Waals surface area (Å²) >= 11 is 0. The van der Waals surface area contributed by atoms with E-state index in [2.05, 4.69) is 88.5 Å². The Morgan fingerprint density at radius 3 is 0.802 bits per heavy atom. The number of aliphatic hydroxyl groups excluding tert-OH is 1. The lowest BCUT2D eigenvalue weighted by Crippen LogP contribution is -2.30. The van der Waals surface area contributed by atoms with Gasteiger partial charge in [-0.3, -0.25) is 37.3 Å². The molecule has 0 amide bonds. The van der Waals surface area contributed by atoms with E-state index in [1.54, 1.807) is 0 Å². The first kappa shape index (κ1) is 92.8. The van der Waals surface area contributed by atoms with Crippen molar-refractivity contribution >= 4 is 39.5 Å². The van der Waals surface area contributed by atoms with E-state index < -0.39 is 97.5 Å². The number of hydrogen-bond donors (Lipinski definition) is 3. The number of carbonyl (C=O) groups is 4. The lowest BCUT2D eigenvalue weighted by atomic mass is 10.1. The quantitative estimate of drug-likeness (QED) is 0.0169. The lowest BCUT2D eigenvalue weighted by Gasteiger charge is -2.21. The van der Waals surface area contributed by atoms with Crippen LogP contribution in [0.2, 0.25) is 0 Å². The van der Waals surface area contributed by atoms with E-state index in [0.717, 1.165) is 161 Å². The Morgan fingerprint density at radius 1 is 0.292 bits per heavy atom. The van der Waals surface area contributed by atoms with Crippen LogP contribution in [0.15, 0.2) is 60.8 Å². The van der Waals surface area contributed by atoms with Gasteiger partial charge in [0.05, 0.1) is 26.4 Å². The SMILES string of the molecule is CCCCC/C=C\C/C=C\CCCCCCCC(=O)O[C@H](COC(=O)CCCCCCC/C=C\CCCCCC)COP(=O)(O)OC[C@H](O)COP(=O)(O)OC[C@@H](COC(=O)CCCCCCCCC/C=C\CCCCCC)OC(=O)CCCCCCC/C=C\CCCCCC. The molecule has 0 aromatic heterocycles. The van der Waals surface area contributed by atoms with Crippen LogP contribution in [0.5, 0.6) is 0 Å². The van der Waals surface area contributed by atoms with Crippen LogP contribution in [0.3, 0.4) is 0 Å². The van der Waals surface area contributed by atoms with Crippen molar-refractivity contribution in [1.29, 1.82) is 0 Å². The molecule has 0 rings (SSSR count). The van der Waals surface area contributed by atoms with Crippen molar-refractivity contribution in [2.45, 2.75) is 367 Å². The van der Waals surface area contributed by atoms with E-state index in [9.17, 15) is 43.2 Å². The highest BCUT2D eigenvalue weighted by Gasteiger charge is 2.30. The van der Waals surface area contributed by atoms with E-state index in [1.807, 2.05) is 0 Å². The van der Waals surface area contributed by atoms with Crippen LogP contribution in [-0.2, 0) is 65.4 Å². The molecule has 0 bridgehead atoms. The predicted molar refractivity (Wildman–Crippen MR) is 390 cm³/mol. The minimum Gasteiger partial charge on any atom is -0.462 e. The van der Waals surface area contributed by atoms with Crippen molar-refractivity contribution in [3.8, 4) is 0 Å². The van der Waals surface area contributed by atoms with Gasteiger partial charge in [0, 0.05) is 25.7 Å². The molecule has 0 aliphatic carbocycles. The van der Waals surface area contributed by atoms with Crippen molar-refractivity contribution in [2.24, 2.45) is 0 Å². The number of hydrogen-bond acceptors (Lipinski definition) is 15. The minimum absolute atomic E-state index is 0.0808. The molecule has 0 radical (unpaired) electrons. The number of phosphoric ester groups is 2. The van der Waals surface area contributed by atoms with E-state index in [-0.39, 0.29) is 25.7 Å². The second-order valence-corrected chi connectivity index (χ2v) is 28.8. The van der Waals surface area contributed by atoms with Crippen LogP contribution in [0.1, 0.15) is 349 Å². The summed E-state index contributed by atoms with van der Waals surface area (Å²) in [6, 6.07) is 0. The maximum absolute atomic E-state index is 13.1. The van der Waals surface area contributed by atoms with Crippen LogP contribution >= 0.6 is 15.6 Å². The second kappa shape index (κ2) is 70.2. The number of ether oxygens (including phenoxy) is 4. The Morgan fingerprint density at radius 2 is 0.510 bits per heavy atom. The van der Waals surface area contributed by atoms with Crippen LogP contribution in [0.25, 0.3) is 0 Å². The molecule has 0 fully saturated rings. The van der Waals surface area contributed by atoms with E-state index in [4.69, 9.17) is 37.0 Å². The van der Waals surface area contributed by atoms with Gasteiger partial charge in [0.25, 0.3) is 0 Å². The van der Waals surface area contributed by atoms with Crippen molar-refractivity contribution < 1.29 is 80.2 Å². The molecule has 0 aromatic carbocycles. The highest BCUT2D eigenvalue weighted by Crippen LogP contribution is 2.45. The number of allylic oxidation sites excluding steroid dienone is 10. The smallest absolute Gasteiger partial charge is 0.462 e. The Balaban J connectivity index is 5.34. The van der Waals surface area contributed by atoms with Crippen LogP contribution in [-0.4, -0.2) is 96.7 Å². The summed E-state index contributed by atoms with van der Waals surface area (Å²) in [5, 5.41) is 10.6. The molecule has 0 aliphatic rings. The second-order valence-electron chi connectivity index (χ2n) is 25.9. The average Bonchev–Trinajstić information content (AvgIpc) is 1.29. The van der Waals surface area contributed by atoms with Crippen LogP contribution < -0.4 is 0 Å². The van der Waals surface area contributed by atoms with E-state index in [1.165, 1.54) is 109 Å². The molecule has 0 saturated heterocycles. The molecule has 0 aromatic rings. The monoisotopic (exact) mass is 1400 g/mol. The number of rotatable bonds is 73. The molecule has 2 unspecified atom stereocenters. The Hall–Kier alpha value is -3.24. The van der Waals surface area contributed by atoms with Gasteiger partial charge in [-0.15, -0.1) is 0 Å². The van der Waals surface area contributed by atoms with Gasteiger partial charge < -0.3 is 33.8 Å². The highest BCUT2D eigenvalue weighted by molar-refractivity contribution is 7.47. The maximum Gasteiger partial charge on any atom is 0.472 e. The van der Waals surface area contributed by atoms with Crippen LogP contribution in [0.4, 0.5) is 0 Å². The Bertz CT molecular complexity index is 2060. The summed E-state index contributed by atoms with van der Waals surface area (Å²) < 4.78 is 68.4. The summed E-state index contributed by atoms with van der Waals surface area (Å²) in [5.41, 5.74) is 0. The van der Waals surface area contributed by atoms with Gasteiger partial charge in [0.2, 0.25) is 0 Å². The van der Waals surface area contributed by atoms with Crippen molar-refractivity contribution in [2.75, 3.05) is 39.6 Å². The van der Waals surface area contributed by atoms with Crippen molar-refractivity contribution in [3.63, 3.8) is 0 Å². The third-order valence-electron chi connectivity index (χ3n) is 16.4. The zero-order chi connectivity index (χ0) is 70.4. The highest BCUT2D eigenvalue weighted by atomic mass is 31.2. The topological polar surface area (TPSA) is 237 Å². The van der Waals surface area contributed by atoms with E-state index >= 15 is 0 Å². The van der Waals surface area contributed by atoms with Gasteiger partial charge in [0.15, 0.2) is 12.2 Å². The molecule has 0 heterocycles. The van der Waals surface area contributed by atoms with Gasteiger partial charge in [0.1, 0.15) is 19.3 Å². The molecule has 0 spiro atoms. The summed E-state index contributed by atoms with van der Waals surface area (Å²) in [6.45, 7) is 4.81. The lowest BCUT2D eigenvalue weighted by molar-refractivity contribution is -0.161. The minimum atomic E-state index is -4.97. The standard InChI is InChI=1S/C77H140O17P2/c1-5-9-13-17-21-25-29-33-35-39-42-46-50-54-58-62-75(80)88-68-72(93-76(81)63-59-55-51-47-43-38-32-28-24-20-16-12-8-4)69-91-95(83,84)89-65-71(78)66-90-96(85,86)92-70-73(67-87-74(79)61-57-53-49-45-41-37-31-27-23-19-15-11-7-3)94-77(82)64-60-56-52-48-44-40-36-34-30-26-22-18-14-10-6-2/h22,25-29,31-32,34,36,71-73,78H,5-21,23-24,30,33,35,37-70H2,1-4H3,(H,83,84)(H,85,86)/b26-22-,29-25-,31-27-,32-28-,36-34-/t71-,72-,73-/m1/s1. The fourth-order valence-corrected chi connectivity index (χ4v) is 12.0. The molecular weight excluding hydrogens is 1260 g/mol. The molecule has 19 heteroatoms. The van der Waals surface area contributed by atoms with Crippen molar-refractivity contribution in [3.05, 3.63) is 60.8 Å². The first-order valence-electron chi connectivity index (χ1n) is 38.5. The molecule has 3 N–H and O–H groups in total. The third-order valence-corrected chi connectivity index (χ3v) is 18.3. The first-order valence-corrected chi connectivity index (χ1v) is 41.5. The fraction of sp³-hybridized carbons (Fsp3) is 0.818. The molecular formula is C77H140O17P2. The molecule has 0 saturated carbocycles. The molecule has 17 nitrogen and oxygen atoms in total. The number of phosphoric acid groups is 2. The van der Waals surface area contributed by atoms with Gasteiger partial charge in [-0.2, -0.15) is 0 Å². The third kappa shape index (κ3) is 69.2. The summed E-state index contributed by atoms with van der Waals surface area (Å²) in [5.74, 6) is -2.19. The number of aliphatic hydroxyl groups is 1. The zero-order valence-corrected chi connectivity index (χ0v) is 62.8. The number of unbranched alkanes of at least 4 members (excludes halogenated alkanes) is 37. The summed E-state index contributed by atoms with van der Waals surface area (Å²) in [4.78, 5) is 72.8. The fourth-order valence-electron chi connectivity index (χ4n) is 10.5. The van der Waals surface area contributed by atoms with Gasteiger partial charge >= 0.3 is 39.5 Å². The molecule has 0 aliphatic heterocycles. The van der Waals surface area contributed by atoms with Crippen molar-refractivity contribution in [1.82, 2.24) is 0 Å². The first-order chi connectivity index (χ1) is 46.7. The van der Waals surface area contributed by atoms with Gasteiger partial charge in [-0.25, -0.2) is 9.13 Å². The van der Waals surface area contributed by atoms with Gasteiger partial charge in [-0.1, -0.05) is 249 Å².